The van der Waals surface area contributed by atoms with Crippen molar-refractivity contribution in [3.8, 4) is 0 Å². The molecular weight excluding hydrogens is 266 g/mol. The molecule has 1 aliphatic carbocycles. The van der Waals surface area contributed by atoms with Gasteiger partial charge in [-0.1, -0.05) is 5.16 Å². The van der Waals surface area contributed by atoms with Gasteiger partial charge in [-0.2, -0.15) is 4.98 Å². The Morgan fingerprint density at radius 2 is 2.00 bits per heavy atom. The SMILES string of the molecule is Cc1nc2n(c1C)CCN([C@@H](C)c1nc(C3CC3)no1)C2. The summed E-state index contributed by atoms with van der Waals surface area (Å²) < 4.78 is 7.79. The Bertz CT molecular complexity index is 670. The average Bonchev–Trinajstić information content (AvgIpc) is 3.15. The Kier molecular flexibility index (Phi) is 2.89. The largest absolute Gasteiger partial charge is 0.338 e. The minimum atomic E-state index is 0.149. The van der Waals surface area contributed by atoms with Gasteiger partial charge in [0.1, 0.15) is 5.82 Å². The van der Waals surface area contributed by atoms with Crippen molar-refractivity contribution < 1.29 is 4.52 Å². The lowest BCUT2D eigenvalue weighted by atomic mass is 10.2. The summed E-state index contributed by atoms with van der Waals surface area (Å²) in [6.07, 6.45) is 2.40. The van der Waals surface area contributed by atoms with E-state index in [1.807, 2.05) is 0 Å². The standard InChI is InChI=1S/C15H21N5O/c1-9-10(2)20-7-6-19(8-13(20)16-9)11(3)15-17-14(18-21-15)12-4-5-12/h11-12H,4-8H2,1-3H3/t11-/m0/s1. The van der Waals surface area contributed by atoms with E-state index in [0.717, 1.165) is 42.9 Å². The molecule has 0 N–H and O–H groups in total. The van der Waals surface area contributed by atoms with Crippen LogP contribution in [0.25, 0.3) is 0 Å². The molecule has 0 bridgehead atoms. The van der Waals surface area contributed by atoms with Gasteiger partial charge in [-0.05, 0) is 33.6 Å². The molecule has 1 saturated carbocycles. The smallest absolute Gasteiger partial charge is 0.243 e. The van der Waals surface area contributed by atoms with Crippen LogP contribution in [-0.2, 0) is 13.1 Å². The van der Waals surface area contributed by atoms with Gasteiger partial charge in [0.2, 0.25) is 5.89 Å². The summed E-state index contributed by atoms with van der Waals surface area (Å²) in [5.41, 5.74) is 2.42. The van der Waals surface area contributed by atoms with Gasteiger partial charge in [-0.25, -0.2) is 4.98 Å². The lowest BCUT2D eigenvalue weighted by Gasteiger charge is -2.31. The van der Waals surface area contributed by atoms with Gasteiger partial charge in [0, 0.05) is 24.7 Å². The van der Waals surface area contributed by atoms with Crippen molar-refractivity contribution in [2.24, 2.45) is 0 Å². The first kappa shape index (κ1) is 13.0. The van der Waals surface area contributed by atoms with Crippen LogP contribution in [0.15, 0.2) is 4.52 Å². The molecule has 0 radical (unpaired) electrons. The number of imidazole rings is 1. The van der Waals surface area contributed by atoms with Gasteiger partial charge in [0.15, 0.2) is 5.82 Å². The van der Waals surface area contributed by atoms with Crippen LogP contribution in [0.2, 0.25) is 0 Å². The normalized spacial score (nSPS) is 20.5. The minimum Gasteiger partial charge on any atom is -0.338 e. The van der Waals surface area contributed by atoms with E-state index in [-0.39, 0.29) is 6.04 Å². The number of nitrogens with zero attached hydrogens (tertiary/aromatic N) is 5. The summed E-state index contributed by atoms with van der Waals surface area (Å²) in [5, 5.41) is 4.12. The topological polar surface area (TPSA) is 60.0 Å². The van der Waals surface area contributed by atoms with Crippen LogP contribution in [0, 0.1) is 13.8 Å². The van der Waals surface area contributed by atoms with Crippen LogP contribution < -0.4 is 0 Å². The van der Waals surface area contributed by atoms with E-state index < -0.39 is 0 Å². The van der Waals surface area contributed by atoms with Crippen LogP contribution in [0.5, 0.6) is 0 Å². The molecule has 1 fully saturated rings. The Morgan fingerprint density at radius 1 is 1.19 bits per heavy atom. The van der Waals surface area contributed by atoms with E-state index >= 15 is 0 Å². The molecule has 1 aliphatic heterocycles. The van der Waals surface area contributed by atoms with Crippen LogP contribution >= 0.6 is 0 Å². The van der Waals surface area contributed by atoms with E-state index in [2.05, 4.69) is 45.4 Å². The number of hydrogen-bond donors (Lipinski definition) is 0. The summed E-state index contributed by atoms with van der Waals surface area (Å²) in [6.45, 7) is 9.18. The van der Waals surface area contributed by atoms with Crippen molar-refractivity contribution in [2.45, 2.75) is 58.7 Å². The molecule has 3 heterocycles. The number of aromatic nitrogens is 4. The summed E-state index contributed by atoms with van der Waals surface area (Å²) in [4.78, 5) is 11.6. The predicted molar refractivity (Wildman–Crippen MR) is 76.8 cm³/mol. The Balaban J connectivity index is 1.53. The van der Waals surface area contributed by atoms with Gasteiger partial charge < -0.3 is 9.09 Å². The first-order chi connectivity index (χ1) is 10.1. The van der Waals surface area contributed by atoms with Crippen LogP contribution in [0.3, 0.4) is 0 Å². The van der Waals surface area contributed by atoms with Gasteiger partial charge in [0.05, 0.1) is 18.3 Å². The van der Waals surface area contributed by atoms with Crippen molar-refractivity contribution in [3.63, 3.8) is 0 Å². The minimum absolute atomic E-state index is 0.149. The number of hydrogen-bond acceptors (Lipinski definition) is 5. The van der Waals surface area contributed by atoms with E-state index in [4.69, 9.17) is 4.52 Å². The lowest BCUT2D eigenvalue weighted by Crippen LogP contribution is -2.36. The predicted octanol–water partition coefficient (Wildman–Crippen LogP) is 2.34. The van der Waals surface area contributed by atoms with E-state index in [1.165, 1.54) is 18.5 Å². The van der Waals surface area contributed by atoms with Crippen LogP contribution in [0.1, 0.15) is 60.7 Å². The van der Waals surface area contributed by atoms with E-state index in [1.54, 1.807) is 0 Å². The Labute approximate surface area is 124 Å². The third-order valence-electron chi connectivity index (χ3n) is 4.80. The molecule has 6 nitrogen and oxygen atoms in total. The second kappa shape index (κ2) is 4.66. The van der Waals surface area contributed by atoms with Crippen molar-refractivity contribution in [1.29, 1.82) is 0 Å². The average molecular weight is 287 g/mol. The van der Waals surface area contributed by atoms with Gasteiger partial charge in [-0.3, -0.25) is 4.90 Å². The summed E-state index contributed by atoms with van der Waals surface area (Å²) in [7, 11) is 0. The fraction of sp³-hybridized carbons (Fsp3) is 0.667. The summed E-state index contributed by atoms with van der Waals surface area (Å²) >= 11 is 0. The molecule has 2 aromatic heterocycles. The maximum Gasteiger partial charge on any atom is 0.243 e. The number of rotatable bonds is 3. The fourth-order valence-corrected chi connectivity index (χ4v) is 3.04. The highest BCUT2D eigenvalue weighted by molar-refractivity contribution is 5.16. The third kappa shape index (κ3) is 2.18. The maximum absolute atomic E-state index is 5.47. The molecule has 0 aromatic carbocycles. The third-order valence-corrected chi connectivity index (χ3v) is 4.80. The van der Waals surface area contributed by atoms with Gasteiger partial charge in [-0.15, -0.1) is 0 Å². The Hall–Kier alpha value is -1.69. The van der Waals surface area contributed by atoms with Crippen molar-refractivity contribution in [1.82, 2.24) is 24.6 Å². The molecule has 2 aliphatic rings. The summed E-state index contributed by atoms with van der Waals surface area (Å²) in [5.74, 6) is 3.32. The molecule has 6 heteroatoms. The van der Waals surface area contributed by atoms with Crippen molar-refractivity contribution in [2.75, 3.05) is 6.54 Å². The maximum atomic E-state index is 5.47. The molecule has 0 saturated heterocycles. The molecule has 112 valence electrons. The van der Waals surface area contributed by atoms with Crippen molar-refractivity contribution >= 4 is 0 Å². The molecule has 2 aromatic rings. The molecule has 0 unspecified atom stereocenters. The quantitative estimate of drug-likeness (QED) is 0.867. The summed E-state index contributed by atoms with van der Waals surface area (Å²) in [6, 6.07) is 0.149. The zero-order valence-corrected chi connectivity index (χ0v) is 12.8. The van der Waals surface area contributed by atoms with E-state index in [9.17, 15) is 0 Å². The van der Waals surface area contributed by atoms with Crippen LogP contribution in [-0.4, -0.2) is 31.1 Å². The van der Waals surface area contributed by atoms with Crippen LogP contribution in [0.4, 0.5) is 0 Å². The molecule has 0 spiro atoms. The first-order valence-electron chi connectivity index (χ1n) is 7.73. The molecule has 0 amide bonds. The van der Waals surface area contributed by atoms with E-state index in [0.29, 0.717) is 5.92 Å². The fourth-order valence-electron chi connectivity index (χ4n) is 3.04. The number of aryl methyl sites for hydroxylation is 1. The van der Waals surface area contributed by atoms with Gasteiger partial charge >= 0.3 is 0 Å². The molecule has 21 heavy (non-hydrogen) atoms. The second-order valence-electron chi connectivity index (χ2n) is 6.26. The molecule has 4 rings (SSSR count). The Morgan fingerprint density at radius 3 is 2.76 bits per heavy atom. The second-order valence-corrected chi connectivity index (χ2v) is 6.26. The molecular formula is C15H21N5O. The highest BCUT2D eigenvalue weighted by Gasteiger charge is 2.32. The lowest BCUT2D eigenvalue weighted by molar-refractivity contribution is 0.135. The van der Waals surface area contributed by atoms with Gasteiger partial charge in [0.25, 0.3) is 0 Å². The monoisotopic (exact) mass is 287 g/mol. The van der Waals surface area contributed by atoms with Crippen molar-refractivity contribution in [3.05, 3.63) is 28.9 Å². The zero-order valence-electron chi connectivity index (χ0n) is 12.8. The highest BCUT2D eigenvalue weighted by atomic mass is 16.5. The molecule has 1 atom stereocenters. The number of fused-ring (bicyclic) bond motifs is 1. The zero-order chi connectivity index (χ0) is 14.6. The first-order valence-corrected chi connectivity index (χ1v) is 7.73. The highest BCUT2D eigenvalue weighted by Crippen LogP contribution is 2.38.